The van der Waals surface area contributed by atoms with Gasteiger partial charge in [-0.15, -0.1) is 10.2 Å². The second-order valence-electron chi connectivity index (χ2n) is 9.11. The Kier molecular flexibility index (Phi) is 8.42. The molecular weight excluding hydrogens is 446 g/mol. The Morgan fingerprint density at radius 1 is 1.00 bits per heavy atom. The lowest BCUT2D eigenvalue weighted by molar-refractivity contribution is 0.102. The Labute approximate surface area is 207 Å². The molecule has 1 unspecified atom stereocenters. The summed E-state index contributed by atoms with van der Waals surface area (Å²) in [5, 5.41) is 9.58. The van der Waals surface area contributed by atoms with Gasteiger partial charge in [-0.25, -0.2) is 0 Å². The zero-order valence-electron chi connectivity index (χ0n) is 21.4. The van der Waals surface area contributed by atoms with Gasteiger partial charge in [0.1, 0.15) is 11.5 Å². The van der Waals surface area contributed by atoms with Crippen molar-refractivity contribution in [1.29, 1.82) is 0 Å². The largest absolute Gasteiger partial charge is 0.496 e. The molecule has 6 nitrogen and oxygen atoms in total. The number of methoxy groups -OCH3 is 1. The molecule has 1 heterocycles. The van der Waals surface area contributed by atoms with E-state index in [1.54, 1.807) is 7.11 Å². The number of aromatic nitrogens is 3. The molecule has 34 heavy (non-hydrogen) atoms. The van der Waals surface area contributed by atoms with E-state index < -0.39 is 0 Å². The SMILES string of the molecule is COc1cc(C)c(C(=O)CSc2nnc(C(C)Oc3ccccc3C(C)C)n2C(C)C)cc1C. The number of nitrogens with zero attached hydrogens (tertiary/aromatic N) is 3. The maximum absolute atomic E-state index is 13.0. The number of hydrogen-bond donors (Lipinski definition) is 0. The number of hydrogen-bond acceptors (Lipinski definition) is 6. The zero-order valence-corrected chi connectivity index (χ0v) is 22.2. The molecule has 1 aromatic heterocycles. The van der Waals surface area contributed by atoms with Gasteiger partial charge in [-0.1, -0.05) is 43.8 Å². The third-order valence-electron chi connectivity index (χ3n) is 5.79. The molecule has 0 N–H and O–H groups in total. The predicted molar refractivity (Wildman–Crippen MR) is 138 cm³/mol. The number of benzene rings is 2. The number of carbonyl (C=O) groups excluding carboxylic acids is 1. The van der Waals surface area contributed by atoms with Crippen LogP contribution in [0.1, 0.15) is 85.6 Å². The molecule has 182 valence electrons. The van der Waals surface area contributed by atoms with Crippen LogP contribution in [0.15, 0.2) is 41.6 Å². The molecule has 0 spiro atoms. The van der Waals surface area contributed by atoms with Crippen LogP contribution in [0, 0.1) is 13.8 Å². The van der Waals surface area contributed by atoms with Crippen LogP contribution in [0.4, 0.5) is 0 Å². The van der Waals surface area contributed by atoms with Crippen LogP contribution in [0.2, 0.25) is 0 Å². The van der Waals surface area contributed by atoms with E-state index >= 15 is 0 Å². The minimum Gasteiger partial charge on any atom is -0.496 e. The minimum absolute atomic E-state index is 0.0586. The van der Waals surface area contributed by atoms with Crippen molar-refractivity contribution in [3.8, 4) is 11.5 Å². The number of para-hydroxylation sites is 1. The number of aryl methyl sites for hydroxylation is 2. The first kappa shape index (κ1) is 25.8. The normalized spacial score (nSPS) is 12.3. The van der Waals surface area contributed by atoms with Gasteiger partial charge in [0.25, 0.3) is 0 Å². The van der Waals surface area contributed by atoms with E-state index in [0.29, 0.717) is 16.6 Å². The Morgan fingerprint density at radius 3 is 2.35 bits per heavy atom. The molecule has 0 amide bonds. The summed E-state index contributed by atoms with van der Waals surface area (Å²) in [6.07, 6.45) is -0.286. The van der Waals surface area contributed by atoms with E-state index in [0.717, 1.165) is 34.0 Å². The predicted octanol–water partition coefficient (Wildman–Crippen LogP) is 6.72. The van der Waals surface area contributed by atoms with E-state index in [1.165, 1.54) is 11.8 Å². The number of ether oxygens (including phenoxy) is 2. The highest BCUT2D eigenvalue weighted by molar-refractivity contribution is 7.99. The van der Waals surface area contributed by atoms with Crippen molar-refractivity contribution >= 4 is 17.5 Å². The summed E-state index contributed by atoms with van der Waals surface area (Å²) < 4.78 is 13.8. The van der Waals surface area contributed by atoms with E-state index in [-0.39, 0.29) is 23.7 Å². The standard InChI is InChI=1S/C27H35N3O3S/c1-16(2)21-11-9-10-12-24(21)33-20(7)26-28-29-27(30(26)17(3)4)34-15-23(31)22-13-19(6)25(32-8)14-18(22)5/h9-14,16-17,20H,15H2,1-8H3. The molecule has 0 aliphatic carbocycles. The molecule has 2 aromatic carbocycles. The van der Waals surface area contributed by atoms with Gasteiger partial charge in [-0.3, -0.25) is 4.79 Å². The van der Waals surface area contributed by atoms with E-state index in [9.17, 15) is 4.79 Å². The summed E-state index contributed by atoms with van der Waals surface area (Å²) in [4.78, 5) is 13.0. The van der Waals surface area contributed by atoms with Gasteiger partial charge in [0, 0.05) is 11.6 Å². The quantitative estimate of drug-likeness (QED) is 0.236. The molecule has 0 saturated carbocycles. The molecule has 0 saturated heterocycles. The smallest absolute Gasteiger partial charge is 0.192 e. The van der Waals surface area contributed by atoms with Crippen molar-refractivity contribution in [3.63, 3.8) is 0 Å². The van der Waals surface area contributed by atoms with Crippen molar-refractivity contribution < 1.29 is 14.3 Å². The van der Waals surface area contributed by atoms with Crippen molar-refractivity contribution in [1.82, 2.24) is 14.8 Å². The van der Waals surface area contributed by atoms with E-state index in [4.69, 9.17) is 9.47 Å². The average molecular weight is 482 g/mol. The molecule has 0 bridgehead atoms. The lowest BCUT2D eigenvalue weighted by Crippen LogP contribution is -2.15. The zero-order chi connectivity index (χ0) is 25.0. The summed E-state index contributed by atoms with van der Waals surface area (Å²) in [6, 6.07) is 12.0. The fourth-order valence-electron chi connectivity index (χ4n) is 3.98. The van der Waals surface area contributed by atoms with Crippen LogP contribution >= 0.6 is 11.8 Å². The monoisotopic (exact) mass is 481 g/mol. The minimum atomic E-state index is -0.286. The molecule has 0 aliphatic heterocycles. The van der Waals surface area contributed by atoms with Crippen LogP contribution in [0.25, 0.3) is 0 Å². The third-order valence-corrected chi connectivity index (χ3v) is 6.73. The molecule has 0 aliphatic rings. The van der Waals surface area contributed by atoms with Crippen molar-refractivity contribution in [2.24, 2.45) is 0 Å². The van der Waals surface area contributed by atoms with Crippen molar-refractivity contribution in [2.45, 2.75) is 71.7 Å². The maximum Gasteiger partial charge on any atom is 0.192 e. The van der Waals surface area contributed by atoms with Crippen LogP contribution in [0.5, 0.6) is 11.5 Å². The third kappa shape index (κ3) is 5.63. The number of ketones is 1. The van der Waals surface area contributed by atoms with Gasteiger partial charge in [0.05, 0.1) is 12.9 Å². The molecule has 3 aromatic rings. The second-order valence-corrected chi connectivity index (χ2v) is 10.0. The van der Waals surface area contributed by atoms with Gasteiger partial charge in [0.2, 0.25) is 0 Å². The Hall–Kier alpha value is -2.80. The average Bonchev–Trinajstić information content (AvgIpc) is 3.23. The fraction of sp³-hybridized carbons (Fsp3) is 0.444. The highest BCUT2D eigenvalue weighted by atomic mass is 32.2. The Morgan fingerprint density at radius 2 is 1.71 bits per heavy atom. The van der Waals surface area contributed by atoms with Crippen LogP contribution < -0.4 is 9.47 Å². The van der Waals surface area contributed by atoms with Crippen molar-refractivity contribution in [2.75, 3.05) is 12.9 Å². The molecule has 0 fully saturated rings. The molecular formula is C27H35N3O3S. The first-order chi connectivity index (χ1) is 16.1. The van der Waals surface area contributed by atoms with Gasteiger partial charge < -0.3 is 14.0 Å². The lowest BCUT2D eigenvalue weighted by Gasteiger charge is -2.21. The highest BCUT2D eigenvalue weighted by Crippen LogP contribution is 2.32. The molecule has 3 rings (SSSR count). The van der Waals surface area contributed by atoms with Crippen LogP contribution in [-0.4, -0.2) is 33.4 Å². The summed E-state index contributed by atoms with van der Waals surface area (Å²) >= 11 is 1.41. The highest BCUT2D eigenvalue weighted by Gasteiger charge is 2.23. The van der Waals surface area contributed by atoms with Crippen LogP contribution in [-0.2, 0) is 0 Å². The van der Waals surface area contributed by atoms with Gasteiger partial charge >= 0.3 is 0 Å². The van der Waals surface area contributed by atoms with Crippen LogP contribution in [0.3, 0.4) is 0 Å². The molecule has 0 radical (unpaired) electrons. The topological polar surface area (TPSA) is 66.2 Å². The first-order valence-corrected chi connectivity index (χ1v) is 12.6. The lowest BCUT2D eigenvalue weighted by atomic mass is 10.0. The number of carbonyl (C=O) groups is 1. The van der Waals surface area contributed by atoms with Gasteiger partial charge in [-0.05, 0) is 75.4 Å². The van der Waals surface area contributed by atoms with E-state index in [1.807, 2.05) is 51.1 Å². The first-order valence-electron chi connectivity index (χ1n) is 11.7. The van der Waals surface area contributed by atoms with Crippen molar-refractivity contribution in [3.05, 3.63) is 64.5 Å². The summed E-state index contributed by atoms with van der Waals surface area (Å²) in [5.41, 5.74) is 3.73. The fourth-order valence-corrected chi connectivity index (χ4v) is 4.93. The Balaban J connectivity index is 1.79. The van der Waals surface area contributed by atoms with Gasteiger partial charge in [-0.2, -0.15) is 0 Å². The summed E-state index contributed by atoms with van der Waals surface area (Å²) in [7, 11) is 1.64. The summed E-state index contributed by atoms with van der Waals surface area (Å²) in [6.45, 7) is 14.4. The summed E-state index contributed by atoms with van der Waals surface area (Å²) in [5.74, 6) is 3.09. The number of rotatable bonds is 10. The number of thioether (sulfide) groups is 1. The number of Topliss-reactive ketones (excluding diaryl/α,β-unsaturated/α-hetero) is 1. The Bertz CT molecular complexity index is 1150. The molecule has 1 atom stereocenters. The maximum atomic E-state index is 13.0. The van der Waals surface area contributed by atoms with Gasteiger partial charge in [0.15, 0.2) is 22.9 Å². The second kappa shape index (κ2) is 11.1. The molecule has 7 heteroatoms. The van der Waals surface area contributed by atoms with E-state index in [2.05, 4.69) is 48.5 Å².